The first-order valence-electron chi connectivity index (χ1n) is 7.45. The topological polar surface area (TPSA) is 57.2 Å². The third-order valence-corrected chi connectivity index (χ3v) is 4.41. The first kappa shape index (κ1) is 13.8. The summed E-state index contributed by atoms with van der Waals surface area (Å²) in [6, 6.07) is 0. The van der Waals surface area contributed by atoms with Gasteiger partial charge in [-0.3, -0.25) is 0 Å². The van der Waals surface area contributed by atoms with Crippen molar-refractivity contribution in [1.29, 1.82) is 0 Å². The number of aliphatic hydroxyl groups excluding tert-OH is 1. The van der Waals surface area contributed by atoms with Gasteiger partial charge in [0.1, 0.15) is 6.10 Å². The van der Waals surface area contributed by atoms with Gasteiger partial charge in [-0.15, -0.1) is 0 Å². The fourth-order valence-electron chi connectivity index (χ4n) is 3.28. The van der Waals surface area contributed by atoms with E-state index in [4.69, 9.17) is 18.9 Å². The molecule has 19 heavy (non-hydrogen) atoms. The number of hydrogen-bond acceptors (Lipinski definition) is 5. The SMILES string of the molecule is C[C@@H](O)[C@H]1CO[C@]2(CCCCO2)[C@@]2(CCCCO2)O1. The third kappa shape index (κ3) is 2.32. The predicted octanol–water partition coefficient (Wildman–Crippen LogP) is 1.58. The molecule has 5 heteroatoms. The molecule has 3 saturated heterocycles. The van der Waals surface area contributed by atoms with Crippen LogP contribution in [-0.2, 0) is 18.9 Å². The summed E-state index contributed by atoms with van der Waals surface area (Å²) in [6.07, 6.45) is 4.88. The van der Waals surface area contributed by atoms with Crippen LogP contribution in [0.15, 0.2) is 0 Å². The van der Waals surface area contributed by atoms with Crippen molar-refractivity contribution in [2.45, 2.75) is 69.2 Å². The summed E-state index contributed by atoms with van der Waals surface area (Å²) >= 11 is 0. The second-order valence-corrected chi connectivity index (χ2v) is 5.82. The van der Waals surface area contributed by atoms with Gasteiger partial charge in [-0.05, 0) is 32.6 Å². The highest BCUT2D eigenvalue weighted by Gasteiger charge is 2.61. The van der Waals surface area contributed by atoms with Crippen molar-refractivity contribution in [3.05, 3.63) is 0 Å². The van der Waals surface area contributed by atoms with Crippen LogP contribution in [0.5, 0.6) is 0 Å². The highest BCUT2D eigenvalue weighted by atomic mass is 16.8. The molecule has 2 spiro atoms. The van der Waals surface area contributed by atoms with Crippen LogP contribution in [0, 0.1) is 0 Å². The molecule has 110 valence electrons. The maximum absolute atomic E-state index is 9.78. The van der Waals surface area contributed by atoms with E-state index in [9.17, 15) is 5.11 Å². The van der Waals surface area contributed by atoms with E-state index in [0.717, 1.165) is 38.5 Å². The summed E-state index contributed by atoms with van der Waals surface area (Å²) < 4.78 is 24.2. The van der Waals surface area contributed by atoms with Gasteiger partial charge in [-0.25, -0.2) is 0 Å². The Hall–Kier alpha value is -0.200. The van der Waals surface area contributed by atoms with Gasteiger partial charge >= 0.3 is 0 Å². The molecule has 0 aromatic carbocycles. The zero-order valence-electron chi connectivity index (χ0n) is 11.6. The van der Waals surface area contributed by atoms with Crippen molar-refractivity contribution in [2.75, 3.05) is 19.8 Å². The van der Waals surface area contributed by atoms with E-state index in [2.05, 4.69) is 0 Å². The Balaban J connectivity index is 1.86. The molecule has 3 heterocycles. The van der Waals surface area contributed by atoms with Gasteiger partial charge in [-0.1, -0.05) is 0 Å². The fraction of sp³-hybridized carbons (Fsp3) is 1.00. The Kier molecular flexibility index (Phi) is 3.84. The monoisotopic (exact) mass is 272 g/mol. The highest BCUT2D eigenvalue weighted by Crippen LogP contribution is 2.47. The Labute approximate surface area is 114 Å². The molecular weight excluding hydrogens is 248 g/mol. The standard InChI is InChI=1S/C14H24O5/c1-11(15)12-10-18-13(6-2-4-8-16-13)14(19-12)7-3-5-9-17-14/h11-12,15H,2-10H2,1H3/t11-,12-,13-,14-/m1/s1. The second kappa shape index (κ2) is 5.30. The minimum atomic E-state index is -0.828. The molecular formula is C14H24O5. The smallest absolute Gasteiger partial charge is 0.224 e. The second-order valence-electron chi connectivity index (χ2n) is 5.82. The summed E-state index contributed by atoms with van der Waals surface area (Å²) in [5, 5.41) is 9.78. The lowest BCUT2D eigenvalue weighted by molar-refractivity contribution is -0.470. The van der Waals surface area contributed by atoms with Crippen LogP contribution < -0.4 is 0 Å². The average Bonchev–Trinajstić information content (AvgIpc) is 2.44. The quantitative estimate of drug-likeness (QED) is 0.785. The normalized spacial score (nSPS) is 45.5. The summed E-state index contributed by atoms with van der Waals surface area (Å²) in [5.74, 6) is -1.59. The molecule has 0 radical (unpaired) electrons. The zero-order valence-corrected chi connectivity index (χ0v) is 11.6. The van der Waals surface area contributed by atoms with Crippen molar-refractivity contribution >= 4 is 0 Å². The maximum atomic E-state index is 9.78. The molecule has 4 atom stereocenters. The molecule has 0 aromatic heterocycles. The van der Waals surface area contributed by atoms with Crippen molar-refractivity contribution in [1.82, 2.24) is 0 Å². The molecule has 0 amide bonds. The number of aliphatic hydroxyl groups is 1. The van der Waals surface area contributed by atoms with E-state index in [1.807, 2.05) is 0 Å². The van der Waals surface area contributed by atoms with Gasteiger partial charge in [0.15, 0.2) is 0 Å². The van der Waals surface area contributed by atoms with Crippen LogP contribution in [-0.4, -0.2) is 48.7 Å². The fourth-order valence-corrected chi connectivity index (χ4v) is 3.28. The molecule has 3 aliphatic heterocycles. The number of rotatable bonds is 1. The van der Waals surface area contributed by atoms with Gasteiger partial charge in [0.2, 0.25) is 11.6 Å². The molecule has 5 nitrogen and oxygen atoms in total. The van der Waals surface area contributed by atoms with Gasteiger partial charge in [0.05, 0.1) is 25.9 Å². The van der Waals surface area contributed by atoms with E-state index in [1.54, 1.807) is 6.92 Å². The molecule has 0 bridgehead atoms. The molecule has 1 N–H and O–H groups in total. The van der Waals surface area contributed by atoms with Gasteiger partial charge in [-0.2, -0.15) is 0 Å². The molecule has 0 unspecified atom stereocenters. The van der Waals surface area contributed by atoms with Crippen molar-refractivity contribution < 1.29 is 24.1 Å². The molecule has 0 aliphatic carbocycles. The van der Waals surface area contributed by atoms with Gasteiger partial charge in [0.25, 0.3) is 0 Å². The van der Waals surface area contributed by atoms with Crippen LogP contribution in [0.2, 0.25) is 0 Å². The Morgan fingerprint density at radius 3 is 2.11 bits per heavy atom. The van der Waals surface area contributed by atoms with Crippen molar-refractivity contribution in [3.8, 4) is 0 Å². The number of ether oxygens (including phenoxy) is 4. The Bertz CT molecular complexity index is 305. The van der Waals surface area contributed by atoms with Crippen molar-refractivity contribution in [2.24, 2.45) is 0 Å². The van der Waals surface area contributed by atoms with Crippen LogP contribution in [0.3, 0.4) is 0 Å². The largest absolute Gasteiger partial charge is 0.391 e. The van der Waals surface area contributed by atoms with Gasteiger partial charge in [0, 0.05) is 12.8 Å². The summed E-state index contributed by atoms with van der Waals surface area (Å²) in [6.45, 7) is 3.45. The summed E-state index contributed by atoms with van der Waals surface area (Å²) in [4.78, 5) is 0. The van der Waals surface area contributed by atoms with Gasteiger partial charge < -0.3 is 24.1 Å². The maximum Gasteiger partial charge on any atom is 0.224 e. The molecule has 0 saturated carbocycles. The van der Waals surface area contributed by atoms with Crippen LogP contribution in [0.4, 0.5) is 0 Å². The predicted molar refractivity (Wildman–Crippen MR) is 67.6 cm³/mol. The summed E-state index contributed by atoms with van der Waals surface area (Å²) in [5.41, 5.74) is 0. The Morgan fingerprint density at radius 1 is 0.947 bits per heavy atom. The summed E-state index contributed by atoms with van der Waals surface area (Å²) in [7, 11) is 0. The average molecular weight is 272 g/mol. The van der Waals surface area contributed by atoms with E-state index in [1.165, 1.54) is 0 Å². The van der Waals surface area contributed by atoms with Crippen LogP contribution in [0.25, 0.3) is 0 Å². The molecule has 3 rings (SSSR count). The first-order valence-corrected chi connectivity index (χ1v) is 7.45. The lowest BCUT2D eigenvalue weighted by Gasteiger charge is -2.56. The minimum absolute atomic E-state index is 0.339. The lowest BCUT2D eigenvalue weighted by atomic mass is 9.89. The molecule has 3 aliphatic rings. The van der Waals surface area contributed by atoms with E-state index < -0.39 is 17.7 Å². The zero-order chi connectivity index (χ0) is 13.3. The molecule has 0 aromatic rings. The Morgan fingerprint density at radius 2 is 1.58 bits per heavy atom. The minimum Gasteiger partial charge on any atom is -0.391 e. The van der Waals surface area contributed by atoms with Crippen molar-refractivity contribution in [3.63, 3.8) is 0 Å². The van der Waals surface area contributed by atoms with E-state index in [-0.39, 0.29) is 6.10 Å². The molecule has 3 fully saturated rings. The third-order valence-electron chi connectivity index (χ3n) is 4.41. The highest BCUT2D eigenvalue weighted by molar-refractivity contribution is 4.97. The van der Waals surface area contributed by atoms with E-state index >= 15 is 0 Å². The van der Waals surface area contributed by atoms with E-state index in [0.29, 0.717) is 19.8 Å². The first-order chi connectivity index (χ1) is 9.18. The number of fused-ring (bicyclic) bond motifs is 1. The lowest BCUT2D eigenvalue weighted by Crippen LogP contribution is -2.68. The van der Waals surface area contributed by atoms with Crippen LogP contribution >= 0.6 is 0 Å². The number of hydrogen-bond donors (Lipinski definition) is 1. The van der Waals surface area contributed by atoms with Crippen LogP contribution in [0.1, 0.15) is 45.4 Å².